The van der Waals surface area contributed by atoms with Crippen molar-refractivity contribution in [2.45, 2.75) is 91.5 Å². The maximum atomic E-state index is 3.58. The molecule has 3 atom stereocenters. The first-order valence-electron chi connectivity index (χ1n) is 8.66. The second-order valence-corrected chi connectivity index (χ2v) is 7.73. The van der Waals surface area contributed by atoms with Gasteiger partial charge in [-0.15, -0.1) is 0 Å². The summed E-state index contributed by atoms with van der Waals surface area (Å²) in [6.07, 6.45) is 12.8. The fraction of sp³-hybridized carbons (Fsp3) is 1.00. The van der Waals surface area contributed by atoms with Gasteiger partial charge in [-0.2, -0.15) is 0 Å². The highest BCUT2D eigenvalue weighted by Gasteiger charge is 2.34. The van der Waals surface area contributed by atoms with E-state index in [0.29, 0.717) is 5.41 Å². The minimum atomic E-state index is 0.499. The van der Waals surface area contributed by atoms with Crippen LogP contribution in [0.5, 0.6) is 0 Å². The molecule has 0 saturated heterocycles. The zero-order chi connectivity index (χ0) is 14.3. The van der Waals surface area contributed by atoms with Crippen LogP contribution in [0.1, 0.15) is 85.5 Å². The molecule has 0 aromatic heterocycles. The van der Waals surface area contributed by atoms with Gasteiger partial charge in [0, 0.05) is 6.04 Å². The molecule has 1 fully saturated rings. The van der Waals surface area contributed by atoms with E-state index in [9.17, 15) is 0 Å². The van der Waals surface area contributed by atoms with Crippen molar-refractivity contribution in [2.75, 3.05) is 7.05 Å². The molecule has 1 rings (SSSR count). The highest BCUT2D eigenvalue weighted by molar-refractivity contribution is 4.88. The van der Waals surface area contributed by atoms with Crippen LogP contribution in [-0.2, 0) is 0 Å². The summed E-state index contributed by atoms with van der Waals surface area (Å²) in [5, 5.41) is 3.58. The first kappa shape index (κ1) is 17.0. The van der Waals surface area contributed by atoms with Gasteiger partial charge in [0.25, 0.3) is 0 Å². The smallest absolute Gasteiger partial charge is 0.00925 e. The van der Waals surface area contributed by atoms with Crippen molar-refractivity contribution in [3.63, 3.8) is 0 Å². The molecule has 0 aliphatic heterocycles. The molecule has 1 nitrogen and oxygen atoms in total. The van der Waals surface area contributed by atoms with Gasteiger partial charge in [0.05, 0.1) is 0 Å². The average Bonchev–Trinajstić information content (AvgIpc) is 2.37. The summed E-state index contributed by atoms with van der Waals surface area (Å²) >= 11 is 0. The molecule has 0 radical (unpaired) electrons. The van der Waals surface area contributed by atoms with Crippen LogP contribution in [0.15, 0.2) is 0 Å². The molecule has 19 heavy (non-hydrogen) atoms. The van der Waals surface area contributed by atoms with Gasteiger partial charge in [0.15, 0.2) is 0 Å². The lowest BCUT2D eigenvalue weighted by molar-refractivity contribution is 0.111. The van der Waals surface area contributed by atoms with E-state index in [1.807, 2.05) is 0 Å². The van der Waals surface area contributed by atoms with Crippen molar-refractivity contribution in [3.05, 3.63) is 0 Å². The second-order valence-electron chi connectivity index (χ2n) is 7.73. The lowest BCUT2D eigenvalue weighted by Gasteiger charge is -2.42. The van der Waals surface area contributed by atoms with Crippen LogP contribution in [0.25, 0.3) is 0 Å². The zero-order valence-electron chi connectivity index (χ0n) is 14.1. The fourth-order valence-electron chi connectivity index (χ4n) is 3.76. The molecule has 1 aliphatic carbocycles. The SMILES string of the molecule is CCCCCCCC1CC(C(C)(C)C)CCC1NC. The largest absolute Gasteiger partial charge is 0.317 e. The Morgan fingerprint density at radius 1 is 1.00 bits per heavy atom. The predicted molar refractivity (Wildman–Crippen MR) is 86.5 cm³/mol. The minimum absolute atomic E-state index is 0.499. The van der Waals surface area contributed by atoms with Gasteiger partial charge in [-0.1, -0.05) is 59.8 Å². The number of rotatable bonds is 7. The van der Waals surface area contributed by atoms with E-state index < -0.39 is 0 Å². The van der Waals surface area contributed by atoms with Crippen molar-refractivity contribution in [1.82, 2.24) is 5.32 Å². The van der Waals surface area contributed by atoms with Crippen molar-refractivity contribution in [3.8, 4) is 0 Å². The molecule has 114 valence electrons. The number of unbranched alkanes of at least 4 members (excludes halogenated alkanes) is 4. The molecule has 3 unspecified atom stereocenters. The van der Waals surface area contributed by atoms with E-state index in [1.54, 1.807) is 0 Å². The third-order valence-electron chi connectivity index (χ3n) is 5.26. The van der Waals surface area contributed by atoms with E-state index in [4.69, 9.17) is 0 Å². The maximum absolute atomic E-state index is 3.58. The van der Waals surface area contributed by atoms with Crippen molar-refractivity contribution in [1.29, 1.82) is 0 Å². The van der Waals surface area contributed by atoms with E-state index in [-0.39, 0.29) is 0 Å². The van der Waals surface area contributed by atoms with Gasteiger partial charge in [-0.05, 0) is 50.0 Å². The number of hydrogen-bond donors (Lipinski definition) is 1. The molecule has 0 amide bonds. The highest BCUT2D eigenvalue weighted by atomic mass is 14.9. The van der Waals surface area contributed by atoms with Gasteiger partial charge in [0.2, 0.25) is 0 Å². The van der Waals surface area contributed by atoms with Gasteiger partial charge in [-0.25, -0.2) is 0 Å². The summed E-state index contributed by atoms with van der Waals surface area (Å²) in [7, 11) is 2.16. The van der Waals surface area contributed by atoms with Crippen LogP contribution in [0.2, 0.25) is 0 Å². The Kier molecular flexibility index (Phi) is 7.42. The molecule has 0 aromatic rings. The zero-order valence-corrected chi connectivity index (χ0v) is 14.1. The Labute approximate surface area is 121 Å². The van der Waals surface area contributed by atoms with Crippen molar-refractivity contribution < 1.29 is 0 Å². The Balaban J connectivity index is 2.37. The van der Waals surface area contributed by atoms with Gasteiger partial charge < -0.3 is 5.32 Å². The van der Waals surface area contributed by atoms with E-state index in [2.05, 4.69) is 40.1 Å². The maximum Gasteiger partial charge on any atom is 0.00925 e. The molecule has 0 aromatic carbocycles. The van der Waals surface area contributed by atoms with Crippen LogP contribution in [0.3, 0.4) is 0 Å². The quantitative estimate of drug-likeness (QED) is 0.609. The molecule has 1 heteroatoms. The Hall–Kier alpha value is -0.0400. The van der Waals surface area contributed by atoms with Crippen LogP contribution in [-0.4, -0.2) is 13.1 Å². The molecular formula is C18H37N. The lowest BCUT2D eigenvalue weighted by Crippen LogP contribution is -2.41. The summed E-state index contributed by atoms with van der Waals surface area (Å²) in [5.41, 5.74) is 0.499. The Bertz CT molecular complexity index is 228. The monoisotopic (exact) mass is 267 g/mol. The lowest BCUT2D eigenvalue weighted by atomic mass is 9.66. The fourth-order valence-corrected chi connectivity index (χ4v) is 3.76. The third-order valence-corrected chi connectivity index (χ3v) is 5.26. The van der Waals surface area contributed by atoms with Gasteiger partial charge in [-0.3, -0.25) is 0 Å². The Morgan fingerprint density at radius 3 is 2.26 bits per heavy atom. The summed E-state index contributed by atoms with van der Waals surface area (Å²) in [6, 6.07) is 0.782. The van der Waals surface area contributed by atoms with E-state index in [1.165, 1.54) is 57.8 Å². The van der Waals surface area contributed by atoms with Crippen molar-refractivity contribution in [2.24, 2.45) is 17.3 Å². The standard InChI is InChI=1S/C18H37N/c1-6-7-8-9-10-11-15-14-16(18(2,3)4)12-13-17(15)19-5/h15-17,19H,6-14H2,1-5H3. The predicted octanol–water partition coefficient (Wildman–Crippen LogP) is 5.40. The van der Waals surface area contributed by atoms with Crippen LogP contribution in [0.4, 0.5) is 0 Å². The first-order valence-corrected chi connectivity index (χ1v) is 8.66. The average molecular weight is 268 g/mol. The van der Waals surface area contributed by atoms with E-state index >= 15 is 0 Å². The van der Waals surface area contributed by atoms with Gasteiger partial charge in [0.1, 0.15) is 0 Å². The summed E-state index contributed by atoms with van der Waals surface area (Å²) in [4.78, 5) is 0. The molecule has 1 saturated carbocycles. The highest BCUT2D eigenvalue weighted by Crippen LogP contribution is 2.41. The molecule has 0 bridgehead atoms. The number of hydrogen-bond acceptors (Lipinski definition) is 1. The molecule has 0 spiro atoms. The third kappa shape index (κ3) is 5.85. The topological polar surface area (TPSA) is 12.0 Å². The van der Waals surface area contributed by atoms with Gasteiger partial charge >= 0.3 is 0 Å². The minimum Gasteiger partial charge on any atom is -0.317 e. The van der Waals surface area contributed by atoms with Crippen LogP contribution in [0, 0.1) is 17.3 Å². The normalized spacial score (nSPS) is 28.6. The van der Waals surface area contributed by atoms with Crippen LogP contribution < -0.4 is 5.32 Å². The molecular weight excluding hydrogens is 230 g/mol. The Morgan fingerprint density at radius 2 is 1.68 bits per heavy atom. The molecule has 0 heterocycles. The first-order chi connectivity index (χ1) is 8.99. The second kappa shape index (κ2) is 8.29. The van der Waals surface area contributed by atoms with Crippen molar-refractivity contribution >= 4 is 0 Å². The van der Waals surface area contributed by atoms with E-state index in [0.717, 1.165) is 17.9 Å². The molecule has 1 N–H and O–H groups in total. The molecule has 1 aliphatic rings. The summed E-state index contributed by atoms with van der Waals surface area (Å²) in [5.74, 6) is 1.85. The van der Waals surface area contributed by atoms with Crippen LogP contribution >= 0.6 is 0 Å². The summed E-state index contributed by atoms with van der Waals surface area (Å²) in [6.45, 7) is 9.58. The summed E-state index contributed by atoms with van der Waals surface area (Å²) < 4.78 is 0. The number of nitrogens with one attached hydrogen (secondary N) is 1.